The Balaban J connectivity index is 0.873. The van der Waals surface area contributed by atoms with Gasteiger partial charge in [0, 0.05) is 67.2 Å². The first kappa shape index (κ1) is 47.1. The summed E-state index contributed by atoms with van der Waals surface area (Å²) < 4.78 is 2.44. The van der Waals surface area contributed by atoms with E-state index >= 15 is 0 Å². The number of hydrogen-bond donors (Lipinski definition) is 0. The van der Waals surface area contributed by atoms with Crippen LogP contribution in [0.25, 0.3) is 83.9 Å². The van der Waals surface area contributed by atoms with Gasteiger partial charge in [-0.1, -0.05) is 203 Å². The Bertz CT molecular complexity index is 4470. The SMILES string of the molecule is CC(C)(C)c1ccc2c(c1)c1ccccc1n2-c1ccc(-c2nc(-c3ccccc3)nc(-c3ccccc3)n2)cc1-c1ccc(-c2cccc(N3c4ccccc4B4c5ccccc5N(c5ccccc5)c5cccc3c54)c2)cc1. The number of nitrogens with zero attached hydrogens (tertiary/aromatic N) is 6. The van der Waals surface area contributed by atoms with Crippen LogP contribution in [-0.2, 0) is 5.41 Å². The Morgan fingerprint density at radius 3 is 1.46 bits per heavy atom. The predicted molar refractivity (Wildman–Crippen MR) is 334 cm³/mol. The first-order chi connectivity index (χ1) is 39.3. The number of para-hydroxylation sites is 4. The number of benzene rings is 11. The molecule has 0 amide bonds. The first-order valence-corrected chi connectivity index (χ1v) is 27.5. The molecule has 0 atom stereocenters. The molecular weight excluding hydrogens is 972 g/mol. The predicted octanol–water partition coefficient (Wildman–Crippen LogP) is 16.7. The smallest absolute Gasteiger partial charge is 0.252 e. The Labute approximate surface area is 466 Å². The molecule has 80 heavy (non-hydrogen) atoms. The summed E-state index contributed by atoms with van der Waals surface area (Å²) in [5.41, 5.74) is 22.8. The molecule has 0 aliphatic carbocycles. The number of aromatic nitrogens is 4. The molecule has 0 bridgehead atoms. The molecule has 2 aromatic heterocycles. The van der Waals surface area contributed by atoms with Gasteiger partial charge in [0.25, 0.3) is 6.71 Å². The molecule has 2 aliphatic heterocycles. The van der Waals surface area contributed by atoms with Crippen molar-refractivity contribution >= 4 is 79.0 Å². The Morgan fingerprint density at radius 1 is 0.325 bits per heavy atom. The van der Waals surface area contributed by atoms with Gasteiger partial charge in [0.2, 0.25) is 0 Å². The van der Waals surface area contributed by atoms with Crippen LogP contribution in [0.2, 0.25) is 0 Å². The van der Waals surface area contributed by atoms with Crippen molar-refractivity contribution in [3.8, 4) is 62.1 Å². The summed E-state index contributed by atoms with van der Waals surface area (Å²) >= 11 is 0. The van der Waals surface area contributed by atoms with E-state index in [9.17, 15) is 0 Å². The van der Waals surface area contributed by atoms with Crippen molar-refractivity contribution in [2.24, 2.45) is 0 Å². The van der Waals surface area contributed by atoms with Gasteiger partial charge in [-0.05, 0) is 129 Å². The minimum absolute atomic E-state index is 0.00699. The molecule has 15 rings (SSSR count). The van der Waals surface area contributed by atoms with E-state index in [0.717, 1.165) is 67.0 Å². The number of rotatable bonds is 8. The quantitative estimate of drug-likeness (QED) is 0.142. The van der Waals surface area contributed by atoms with Gasteiger partial charge in [0.15, 0.2) is 17.5 Å². The van der Waals surface area contributed by atoms with Gasteiger partial charge in [-0.15, -0.1) is 0 Å². The summed E-state index contributed by atoms with van der Waals surface area (Å²) in [5.74, 6) is 1.87. The van der Waals surface area contributed by atoms with E-state index in [1.807, 2.05) is 36.4 Å². The van der Waals surface area contributed by atoms with Gasteiger partial charge in [0.05, 0.1) is 16.7 Å². The van der Waals surface area contributed by atoms with Crippen LogP contribution in [0.15, 0.2) is 267 Å². The van der Waals surface area contributed by atoms with Crippen molar-refractivity contribution in [3.05, 3.63) is 272 Å². The van der Waals surface area contributed by atoms with Gasteiger partial charge >= 0.3 is 0 Å². The molecule has 0 saturated heterocycles. The zero-order valence-electron chi connectivity index (χ0n) is 44.7. The van der Waals surface area contributed by atoms with Gasteiger partial charge in [-0.25, -0.2) is 15.0 Å². The average Bonchev–Trinajstić information content (AvgIpc) is 3.68. The third kappa shape index (κ3) is 7.84. The molecular formula is C73H53BN6. The van der Waals surface area contributed by atoms with Crippen LogP contribution >= 0.6 is 0 Å². The van der Waals surface area contributed by atoms with Crippen molar-refractivity contribution in [2.75, 3.05) is 9.80 Å². The standard InChI is InChI=1S/C73H53BN6/c1-73(2,3)54-42-44-64-59(47-54)57-29-13-16-32-62(57)80(64)63-43-41-53(72-76-70(50-21-7-4-8-22-50)75-71(77-72)51-23-9-5-10-24-51)46-58(63)49-39-37-48(38-40-49)52-25-19-28-56(45-52)79-66-34-18-15-31-61(66)74-60-30-14-17-33-65(60)78(55-26-11-6-12-27-55)67-35-20-36-68(79)69(67)74/h4-47H,1-3H3. The molecule has 4 heterocycles. The summed E-state index contributed by atoms with van der Waals surface area (Å²) in [6.45, 7) is 6.93. The molecule has 0 N–H and O–H groups in total. The van der Waals surface area contributed by atoms with E-state index in [0.29, 0.717) is 17.5 Å². The van der Waals surface area contributed by atoms with E-state index in [4.69, 9.17) is 15.0 Å². The lowest BCUT2D eigenvalue weighted by atomic mass is 9.33. The lowest BCUT2D eigenvalue weighted by Crippen LogP contribution is -2.61. The van der Waals surface area contributed by atoms with Crippen LogP contribution in [-0.4, -0.2) is 26.2 Å². The maximum absolute atomic E-state index is 5.20. The minimum Gasteiger partial charge on any atom is -0.311 e. The average molecular weight is 1030 g/mol. The van der Waals surface area contributed by atoms with Crippen molar-refractivity contribution in [1.82, 2.24) is 19.5 Å². The summed E-state index contributed by atoms with van der Waals surface area (Å²) in [7, 11) is 0. The van der Waals surface area contributed by atoms with Crippen LogP contribution < -0.4 is 26.2 Å². The van der Waals surface area contributed by atoms with Crippen molar-refractivity contribution in [1.29, 1.82) is 0 Å². The zero-order chi connectivity index (χ0) is 53.5. The van der Waals surface area contributed by atoms with E-state index in [2.05, 4.69) is 266 Å². The fourth-order valence-corrected chi connectivity index (χ4v) is 12.4. The normalized spacial score (nSPS) is 12.6. The molecule has 7 heteroatoms. The molecule has 0 radical (unpaired) electrons. The summed E-state index contributed by atoms with van der Waals surface area (Å²) in [5, 5.41) is 2.45. The number of anilines is 6. The van der Waals surface area contributed by atoms with Crippen LogP contribution in [0.1, 0.15) is 26.3 Å². The Morgan fingerprint density at radius 2 is 0.812 bits per heavy atom. The highest BCUT2D eigenvalue weighted by Crippen LogP contribution is 2.45. The zero-order valence-corrected chi connectivity index (χ0v) is 44.7. The minimum atomic E-state index is -0.00699. The molecule has 6 nitrogen and oxygen atoms in total. The molecule has 0 spiro atoms. The Kier molecular flexibility index (Phi) is 11.1. The maximum atomic E-state index is 5.20. The van der Waals surface area contributed by atoms with E-state index in [1.165, 1.54) is 55.5 Å². The molecule has 13 aromatic rings. The van der Waals surface area contributed by atoms with Crippen LogP contribution in [0.4, 0.5) is 34.1 Å². The Hall–Kier alpha value is -10.1. The molecule has 0 saturated carbocycles. The fourth-order valence-electron chi connectivity index (χ4n) is 12.4. The fraction of sp³-hybridized carbons (Fsp3) is 0.0548. The van der Waals surface area contributed by atoms with Crippen molar-refractivity contribution in [3.63, 3.8) is 0 Å². The van der Waals surface area contributed by atoms with Gasteiger partial charge < -0.3 is 14.4 Å². The second-order valence-corrected chi connectivity index (χ2v) is 22.0. The van der Waals surface area contributed by atoms with Crippen LogP contribution in [0, 0.1) is 0 Å². The molecule has 11 aromatic carbocycles. The number of fused-ring (bicyclic) bond motifs is 7. The molecule has 0 fully saturated rings. The van der Waals surface area contributed by atoms with E-state index in [1.54, 1.807) is 0 Å². The second-order valence-electron chi connectivity index (χ2n) is 22.0. The highest BCUT2D eigenvalue weighted by molar-refractivity contribution is 7.00. The molecule has 0 unspecified atom stereocenters. The van der Waals surface area contributed by atoms with E-state index < -0.39 is 0 Å². The maximum Gasteiger partial charge on any atom is 0.252 e. The van der Waals surface area contributed by atoms with Crippen LogP contribution in [0.3, 0.4) is 0 Å². The highest BCUT2D eigenvalue weighted by atomic mass is 15.2. The largest absolute Gasteiger partial charge is 0.311 e. The van der Waals surface area contributed by atoms with Gasteiger partial charge in [0.1, 0.15) is 0 Å². The van der Waals surface area contributed by atoms with Crippen molar-refractivity contribution < 1.29 is 0 Å². The van der Waals surface area contributed by atoms with Crippen molar-refractivity contribution in [2.45, 2.75) is 26.2 Å². The topological polar surface area (TPSA) is 50.1 Å². The lowest BCUT2D eigenvalue weighted by Gasteiger charge is -2.44. The van der Waals surface area contributed by atoms with Gasteiger partial charge in [-0.2, -0.15) is 0 Å². The molecule has 2 aliphatic rings. The number of hydrogen-bond acceptors (Lipinski definition) is 5. The second kappa shape index (κ2) is 18.8. The summed E-state index contributed by atoms with van der Waals surface area (Å²) in [6, 6.07) is 96.4. The van der Waals surface area contributed by atoms with E-state index in [-0.39, 0.29) is 12.1 Å². The lowest BCUT2D eigenvalue weighted by molar-refractivity contribution is 0.591. The summed E-state index contributed by atoms with van der Waals surface area (Å²) in [6.07, 6.45) is 0. The monoisotopic (exact) mass is 1020 g/mol. The third-order valence-electron chi connectivity index (χ3n) is 16.2. The highest BCUT2D eigenvalue weighted by Gasteiger charge is 2.42. The first-order valence-electron chi connectivity index (χ1n) is 27.5. The van der Waals surface area contributed by atoms with Gasteiger partial charge in [-0.3, -0.25) is 0 Å². The summed E-state index contributed by atoms with van der Waals surface area (Å²) in [4.78, 5) is 20.3. The third-order valence-corrected chi connectivity index (χ3v) is 16.2. The van der Waals surface area contributed by atoms with Crippen LogP contribution in [0.5, 0.6) is 0 Å². The molecule has 378 valence electrons.